The highest BCUT2D eigenvalue weighted by Crippen LogP contribution is 2.15. The summed E-state index contributed by atoms with van der Waals surface area (Å²) in [6.45, 7) is 3.42. The topological polar surface area (TPSA) is 88.8 Å². The van der Waals surface area contributed by atoms with Crippen LogP contribution in [0, 0.1) is 6.92 Å². The first-order chi connectivity index (χ1) is 7.95. The standard InChI is InChI=1S/C11H15NO5/c1-6(10(13)14)12-5-8-4-9(7(2)17-8)11(15)16-3/h4,6,12H,5H2,1-3H3,(H,13,14). The molecule has 0 aliphatic rings. The van der Waals surface area contributed by atoms with Crippen molar-refractivity contribution in [3.05, 3.63) is 23.2 Å². The van der Waals surface area contributed by atoms with Gasteiger partial charge in [-0.25, -0.2) is 4.79 Å². The van der Waals surface area contributed by atoms with Crippen molar-refractivity contribution in [2.45, 2.75) is 26.4 Å². The predicted molar refractivity (Wildman–Crippen MR) is 58.7 cm³/mol. The summed E-state index contributed by atoms with van der Waals surface area (Å²) in [6.07, 6.45) is 0. The molecule has 0 aliphatic carbocycles. The number of furan rings is 1. The highest BCUT2D eigenvalue weighted by atomic mass is 16.5. The Bertz CT molecular complexity index is 423. The van der Waals surface area contributed by atoms with Crippen molar-refractivity contribution < 1.29 is 23.8 Å². The van der Waals surface area contributed by atoms with Gasteiger partial charge in [-0.1, -0.05) is 0 Å². The summed E-state index contributed by atoms with van der Waals surface area (Å²) >= 11 is 0. The summed E-state index contributed by atoms with van der Waals surface area (Å²) in [6, 6.07) is 0.866. The lowest BCUT2D eigenvalue weighted by Gasteiger charge is -2.06. The number of rotatable bonds is 5. The molecule has 1 unspecified atom stereocenters. The van der Waals surface area contributed by atoms with Crippen LogP contribution < -0.4 is 5.32 Å². The van der Waals surface area contributed by atoms with Crippen molar-refractivity contribution in [2.75, 3.05) is 7.11 Å². The van der Waals surface area contributed by atoms with E-state index in [0.717, 1.165) is 0 Å². The normalized spacial score (nSPS) is 12.2. The molecule has 0 saturated carbocycles. The summed E-state index contributed by atoms with van der Waals surface area (Å²) in [5, 5.41) is 11.4. The molecule has 1 aromatic rings. The monoisotopic (exact) mass is 241 g/mol. The Morgan fingerprint density at radius 2 is 2.24 bits per heavy atom. The quantitative estimate of drug-likeness (QED) is 0.746. The molecule has 1 atom stereocenters. The average Bonchev–Trinajstić information content (AvgIpc) is 2.66. The third kappa shape index (κ3) is 3.32. The summed E-state index contributed by atoms with van der Waals surface area (Å²) in [5.74, 6) is -0.460. The van der Waals surface area contributed by atoms with Crippen LogP contribution in [0.4, 0.5) is 0 Å². The first-order valence-electron chi connectivity index (χ1n) is 5.09. The van der Waals surface area contributed by atoms with E-state index in [1.165, 1.54) is 14.0 Å². The average molecular weight is 241 g/mol. The number of hydrogen-bond donors (Lipinski definition) is 2. The van der Waals surface area contributed by atoms with Crippen LogP contribution in [0.15, 0.2) is 10.5 Å². The molecule has 0 radical (unpaired) electrons. The van der Waals surface area contributed by atoms with Crippen molar-refractivity contribution >= 4 is 11.9 Å². The molecular weight excluding hydrogens is 226 g/mol. The third-order valence-corrected chi connectivity index (χ3v) is 2.33. The molecule has 1 rings (SSSR count). The lowest BCUT2D eigenvalue weighted by atomic mass is 10.2. The van der Waals surface area contributed by atoms with Crippen molar-refractivity contribution in [3.63, 3.8) is 0 Å². The Hall–Kier alpha value is -1.82. The number of methoxy groups -OCH3 is 1. The van der Waals surface area contributed by atoms with Gasteiger partial charge in [0.2, 0.25) is 0 Å². The van der Waals surface area contributed by atoms with Gasteiger partial charge < -0.3 is 14.3 Å². The first kappa shape index (κ1) is 13.2. The van der Waals surface area contributed by atoms with E-state index in [1.54, 1.807) is 13.0 Å². The molecule has 2 N–H and O–H groups in total. The number of esters is 1. The summed E-state index contributed by atoms with van der Waals surface area (Å²) < 4.78 is 9.89. The summed E-state index contributed by atoms with van der Waals surface area (Å²) in [7, 11) is 1.29. The minimum absolute atomic E-state index is 0.241. The fourth-order valence-electron chi connectivity index (χ4n) is 1.28. The zero-order chi connectivity index (χ0) is 13.0. The number of aryl methyl sites for hydroxylation is 1. The highest BCUT2D eigenvalue weighted by Gasteiger charge is 2.16. The van der Waals surface area contributed by atoms with Crippen LogP contribution in [0.25, 0.3) is 0 Å². The first-order valence-corrected chi connectivity index (χ1v) is 5.09. The van der Waals surface area contributed by atoms with E-state index in [4.69, 9.17) is 9.52 Å². The second-order valence-electron chi connectivity index (χ2n) is 3.61. The number of nitrogens with one attached hydrogen (secondary N) is 1. The van der Waals surface area contributed by atoms with E-state index in [0.29, 0.717) is 17.1 Å². The summed E-state index contributed by atoms with van der Waals surface area (Å²) in [5.41, 5.74) is 0.354. The molecule has 0 bridgehead atoms. The molecule has 0 amide bonds. The fourth-order valence-corrected chi connectivity index (χ4v) is 1.28. The molecule has 0 fully saturated rings. The molecule has 6 nitrogen and oxygen atoms in total. The number of carboxylic acid groups (broad SMARTS) is 1. The van der Waals surface area contributed by atoms with Gasteiger partial charge >= 0.3 is 11.9 Å². The SMILES string of the molecule is COC(=O)c1cc(CNC(C)C(=O)O)oc1C. The third-order valence-electron chi connectivity index (χ3n) is 2.33. The molecule has 6 heteroatoms. The molecule has 0 spiro atoms. The van der Waals surface area contributed by atoms with E-state index < -0.39 is 18.0 Å². The van der Waals surface area contributed by atoms with Crippen LogP contribution in [0.5, 0.6) is 0 Å². The highest BCUT2D eigenvalue weighted by molar-refractivity contribution is 5.90. The van der Waals surface area contributed by atoms with Crippen LogP contribution in [-0.2, 0) is 16.1 Å². The zero-order valence-corrected chi connectivity index (χ0v) is 9.94. The van der Waals surface area contributed by atoms with Gasteiger partial charge in [0.05, 0.1) is 13.7 Å². The molecule has 0 aliphatic heterocycles. The lowest BCUT2D eigenvalue weighted by molar-refractivity contribution is -0.139. The zero-order valence-electron chi connectivity index (χ0n) is 9.94. The van der Waals surface area contributed by atoms with E-state index in [9.17, 15) is 9.59 Å². The van der Waals surface area contributed by atoms with Gasteiger partial charge in [-0.2, -0.15) is 0 Å². The van der Waals surface area contributed by atoms with Gasteiger partial charge in [-0.05, 0) is 19.9 Å². The fraction of sp³-hybridized carbons (Fsp3) is 0.455. The molecule has 0 saturated heterocycles. The Morgan fingerprint density at radius 3 is 2.76 bits per heavy atom. The van der Waals surface area contributed by atoms with E-state index in [-0.39, 0.29) is 6.54 Å². The number of aliphatic carboxylic acids is 1. The number of carbonyl (C=O) groups excluding carboxylic acids is 1. The molecule has 17 heavy (non-hydrogen) atoms. The second kappa shape index (κ2) is 5.49. The maximum absolute atomic E-state index is 11.3. The Morgan fingerprint density at radius 1 is 1.59 bits per heavy atom. The van der Waals surface area contributed by atoms with Crippen LogP contribution in [0.3, 0.4) is 0 Å². The minimum atomic E-state index is -0.943. The van der Waals surface area contributed by atoms with Gasteiger partial charge in [0.25, 0.3) is 0 Å². The van der Waals surface area contributed by atoms with Gasteiger partial charge in [-0.3, -0.25) is 10.1 Å². The lowest BCUT2D eigenvalue weighted by Crippen LogP contribution is -2.32. The van der Waals surface area contributed by atoms with Crippen molar-refractivity contribution in [3.8, 4) is 0 Å². The van der Waals surface area contributed by atoms with Crippen molar-refractivity contribution in [1.82, 2.24) is 5.32 Å². The largest absolute Gasteiger partial charge is 0.480 e. The van der Waals surface area contributed by atoms with Crippen molar-refractivity contribution in [1.29, 1.82) is 0 Å². The van der Waals surface area contributed by atoms with Gasteiger partial charge in [0, 0.05) is 0 Å². The van der Waals surface area contributed by atoms with E-state index in [2.05, 4.69) is 10.1 Å². The van der Waals surface area contributed by atoms with Crippen LogP contribution in [0.2, 0.25) is 0 Å². The maximum atomic E-state index is 11.3. The van der Waals surface area contributed by atoms with E-state index >= 15 is 0 Å². The van der Waals surface area contributed by atoms with Gasteiger partial charge in [0.1, 0.15) is 23.1 Å². The smallest absolute Gasteiger partial charge is 0.341 e. The number of ether oxygens (including phenoxy) is 1. The van der Waals surface area contributed by atoms with E-state index in [1.807, 2.05) is 0 Å². The molecule has 0 aromatic carbocycles. The van der Waals surface area contributed by atoms with Gasteiger partial charge in [-0.15, -0.1) is 0 Å². The summed E-state index contributed by atoms with van der Waals surface area (Å²) in [4.78, 5) is 21.9. The molecule has 1 heterocycles. The molecule has 94 valence electrons. The number of carboxylic acids is 1. The minimum Gasteiger partial charge on any atom is -0.480 e. The molecular formula is C11H15NO5. The number of carbonyl (C=O) groups is 2. The predicted octanol–water partition coefficient (Wildman–Crippen LogP) is 0.937. The van der Waals surface area contributed by atoms with Crippen LogP contribution in [0.1, 0.15) is 28.8 Å². The Balaban J connectivity index is 2.68. The Kier molecular flexibility index (Phi) is 4.28. The van der Waals surface area contributed by atoms with Crippen molar-refractivity contribution in [2.24, 2.45) is 0 Å². The second-order valence-corrected chi connectivity index (χ2v) is 3.61. The Labute approximate surface area is 98.6 Å². The molecule has 1 aromatic heterocycles. The number of hydrogen-bond acceptors (Lipinski definition) is 5. The maximum Gasteiger partial charge on any atom is 0.341 e. The van der Waals surface area contributed by atoms with Gasteiger partial charge in [0.15, 0.2) is 0 Å². The van der Waals surface area contributed by atoms with Crippen LogP contribution >= 0.6 is 0 Å². The van der Waals surface area contributed by atoms with Crippen LogP contribution in [-0.4, -0.2) is 30.2 Å².